The van der Waals surface area contributed by atoms with Gasteiger partial charge in [-0.3, -0.25) is 9.20 Å². The first-order chi connectivity index (χ1) is 17.2. The number of benzene rings is 2. The lowest BCUT2D eigenvalue weighted by Gasteiger charge is -2.18. The Morgan fingerprint density at radius 1 is 0.971 bits per heavy atom. The van der Waals surface area contributed by atoms with Crippen molar-refractivity contribution in [1.82, 2.24) is 30.2 Å². The van der Waals surface area contributed by atoms with Gasteiger partial charge < -0.3 is 20.4 Å². The third-order valence-corrected chi connectivity index (χ3v) is 5.73. The van der Waals surface area contributed by atoms with Gasteiger partial charge in [-0.05, 0) is 29.3 Å². The number of nitrogens with zero attached hydrogens (tertiary/aromatic N) is 3. The molecule has 2 aromatic carbocycles. The highest BCUT2D eigenvalue weighted by atomic mass is 16.5. The highest BCUT2D eigenvalue weighted by Crippen LogP contribution is 2.19. The highest BCUT2D eigenvalue weighted by Gasteiger charge is 2.24. The quantitative estimate of drug-likeness (QED) is 0.323. The summed E-state index contributed by atoms with van der Waals surface area (Å²) in [7, 11) is 0. The number of alkyl carbamates (subject to hydrolysis) is 1. The highest BCUT2D eigenvalue weighted by molar-refractivity contribution is 5.88. The molecule has 176 valence electrons. The van der Waals surface area contributed by atoms with Gasteiger partial charge >= 0.3 is 6.09 Å². The number of fused-ring (bicyclic) bond motifs is 2. The van der Waals surface area contributed by atoms with E-state index in [1.165, 1.54) is 0 Å². The first-order valence-electron chi connectivity index (χ1n) is 11.3. The van der Waals surface area contributed by atoms with Crippen LogP contribution in [-0.2, 0) is 29.1 Å². The third-order valence-electron chi connectivity index (χ3n) is 5.73. The molecule has 0 bridgehead atoms. The second kappa shape index (κ2) is 10.1. The monoisotopic (exact) mass is 468 g/mol. The fourth-order valence-electron chi connectivity index (χ4n) is 3.94. The van der Waals surface area contributed by atoms with Crippen molar-refractivity contribution < 1.29 is 14.3 Å². The van der Waals surface area contributed by atoms with Crippen molar-refractivity contribution in [3.05, 3.63) is 102 Å². The molecular weight excluding hydrogens is 444 g/mol. The molecule has 9 nitrogen and oxygen atoms in total. The molecule has 35 heavy (non-hydrogen) atoms. The predicted molar refractivity (Wildman–Crippen MR) is 130 cm³/mol. The summed E-state index contributed by atoms with van der Waals surface area (Å²) in [5, 5.41) is 14.8. The third kappa shape index (κ3) is 5.14. The van der Waals surface area contributed by atoms with Crippen LogP contribution in [0.4, 0.5) is 4.79 Å². The van der Waals surface area contributed by atoms with Crippen molar-refractivity contribution in [2.75, 3.05) is 0 Å². The van der Waals surface area contributed by atoms with Gasteiger partial charge in [-0.1, -0.05) is 54.6 Å². The van der Waals surface area contributed by atoms with Gasteiger partial charge in [-0.2, -0.15) is 0 Å². The molecule has 0 spiro atoms. The van der Waals surface area contributed by atoms with Crippen LogP contribution in [0, 0.1) is 0 Å². The molecule has 0 aliphatic carbocycles. The molecular formula is C26H24N6O3. The van der Waals surface area contributed by atoms with Crippen LogP contribution >= 0.6 is 0 Å². The van der Waals surface area contributed by atoms with Gasteiger partial charge in [0.05, 0.1) is 6.54 Å². The van der Waals surface area contributed by atoms with Crippen LogP contribution in [0.25, 0.3) is 16.6 Å². The number of ether oxygens (including phenoxy) is 1. The normalized spacial score (nSPS) is 11.9. The first-order valence-corrected chi connectivity index (χ1v) is 11.3. The molecule has 0 saturated carbocycles. The standard InChI is InChI=1S/C26H24N6O3/c33-25(28-16-24-31-30-23-12-6-7-13-32(23)24)22(14-19-15-27-21-11-5-4-10-20(19)21)29-26(34)35-17-18-8-2-1-3-9-18/h1-13,15,22,27H,14,16-17H2,(H,28,33)(H,29,34)/t22-/m0/s1. The van der Waals surface area contributed by atoms with Crippen LogP contribution in [0.1, 0.15) is 17.0 Å². The summed E-state index contributed by atoms with van der Waals surface area (Å²) in [6, 6.07) is 21.9. The Kier molecular flexibility index (Phi) is 6.38. The molecule has 5 aromatic rings. The number of H-pyrrole nitrogens is 1. The number of hydrogen-bond donors (Lipinski definition) is 3. The molecule has 9 heteroatoms. The number of hydrogen-bond acceptors (Lipinski definition) is 5. The Balaban J connectivity index is 1.30. The Morgan fingerprint density at radius 2 is 1.77 bits per heavy atom. The van der Waals surface area contributed by atoms with Crippen molar-refractivity contribution in [2.45, 2.75) is 25.6 Å². The number of pyridine rings is 1. The van der Waals surface area contributed by atoms with Crippen molar-refractivity contribution >= 4 is 28.6 Å². The van der Waals surface area contributed by atoms with Crippen molar-refractivity contribution in [2.24, 2.45) is 0 Å². The number of rotatable bonds is 8. The summed E-state index contributed by atoms with van der Waals surface area (Å²) < 4.78 is 7.16. The van der Waals surface area contributed by atoms with Gasteiger partial charge in [0.15, 0.2) is 11.5 Å². The van der Waals surface area contributed by atoms with Gasteiger partial charge in [0.1, 0.15) is 12.6 Å². The van der Waals surface area contributed by atoms with E-state index in [9.17, 15) is 9.59 Å². The summed E-state index contributed by atoms with van der Waals surface area (Å²) in [5.74, 6) is 0.242. The Labute approximate surface area is 201 Å². The van der Waals surface area contributed by atoms with Gasteiger partial charge in [-0.15, -0.1) is 10.2 Å². The van der Waals surface area contributed by atoms with Crippen LogP contribution in [0.2, 0.25) is 0 Å². The van der Waals surface area contributed by atoms with E-state index in [0.29, 0.717) is 11.5 Å². The van der Waals surface area contributed by atoms with E-state index in [1.807, 2.05) is 85.2 Å². The van der Waals surface area contributed by atoms with E-state index in [4.69, 9.17) is 4.74 Å². The molecule has 2 amide bonds. The molecule has 3 N–H and O–H groups in total. The van der Waals surface area contributed by atoms with Gasteiger partial charge in [0.25, 0.3) is 0 Å². The van der Waals surface area contributed by atoms with Crippen molar-refractivity contribution in [3.8, 4) is 0 Å². The lowest BCUT2D eigenvalue weighted by atomic mass is 10.0. The fourth-order valence-corrected chi connectivity index (χ4v) is 3.94. The minimum atomic E-state index is -0.850. The Bertz CT molecular complexity index is 1460. The Hall–Kier alpha value is -4.66. The molecule has 3 heterocycles. The number of amides is 2. The van der Waals surface area contributed by atoms with Gasteiger partial charge in [0, 0.05) is 29.7 Å². The molecule has 0 saturated heterocycles. The Morgan fingerprint density at radius 3 is 2.66 bits per heavy atom. The van der Waals surface area contributed by atoms with E-state index in [1.54, 1.807) is 4.40 Å². The minimum Gasteiger partial charge on any atom is -0.445 e. The van der Waals surface area contributed by atoms with Gasteiger partial charge in [-0.25, -0.2) is 4.79 Å². The average molecular weight is 469 g/mol. The number of para-hydroxylation sites is 1. The zero-order valence-electron chi connectivity index (χ0n) is 18.8. The zero-order valence-corrected chi connectivity index (χ0v) is 18.8. The minimum absolute atomic E-state index is 0.111. The van der Waals surface area contributed by atoms with E-state index in [2.05, 4.69) is 25.8 Å². The predicted octanol–water partition coefficient (Wildman–Crippen LogP) is 3.36. The maximum atomic E-state index is 13.2. The van der Waals surface area contributed by atoms with Gasteiger partial charge in [0.2, 0.25) is 5.91 Å². The van der Waals surface area contributed by atoms with Crippen molar-refractivity contribution in [3.63, 3.8) is 0 Å². The summed E-state index contributed by atoms with van der Waals surface area (Å²) in [4.78, 5) is 29.0. The number of carbonyl (C=O) groups excluding carboxylic acids is 2. The number of nitrogens with one attached hydrogen (secondary N) is 3. The zero-order chi connectivity index (χ0) is 24.0. The lowest BCUT2D eigenvalue weighted by Crippen LogP contribution is -2.48. The second-order valence-corrected chi connectivity index (χ2v) is 8.09. The largest absolute Gasteiger partial charge is 0.445 e. The SMILES string of the molecule is O=C(N[C@@H](Cc1c[nH]c2ccccc12)C(=O)NCc1nnc2ccccn12)OCc1ccccc1. The van der Waals surface area contributed by atoms with Crippen LogP contribution in [0.5, 0.6) is 0 Å². The average Bonchev–Trinajstić information content (AvgIpc) is 3.50. The molecule has 5 rings (SSSR count). The molecule has 1 atom stereocenters. The van der Waals surface area contributed by atoms with Crippen molar-refractivity contribution in [1.29, 1.82) is 0 Å². The lowest BCUT2D eigenvalue weighted by molar-refractivity contribution is -0.123. The summed E-state index contributed by atoms with van der Waals surface area (Å²) in [5.41, 5.74) is 3.42. The molecule has 3 aromatic heterocycles. The van der Waals surface area contributed by atoms with E-state index < -0.39 is 12.1 Å². The number of aromatic nitrogens is 4. The second-order valence-electron chi connectivity index (χ2n) is 8.09. The van der Waals surface area contributed by atoms with Crippen LogP contribution in [0.15, 0.2) is 85.2 Å². The fraction of sp³-hybridized carbons (Fsp3) is 0.154. The molecule has 0 fully saturated rings. The van der Waals surface area contributed by atoms with E-state index in [-0.39, 0.29) is 25.5 Å². The molecule has 0 radical (unpaired) electrons. The molecule has 0 aliphatic rings. The number of aromatic amines is 1. The van der Waals surface area contributed by atoms with E-state index >= 15 is 0 Å². The number of carbonyl (C=O) groups is 2. The summed E-state index contributed by atoms with van der Waals surface area (Å²) in [6.07, 6.45) is 3.31. The summed E-state index contributed by atoms with van der Waals surface area (Å²) in [6.45, 7) is 0.273. The smallest absolute Gasteiger partial charge is 0.408 e. The van der Waals surface area contributed by atoms with Crippen LogP contribution < -0.4 is 10.6 Å². The molecule has 0 aliphatic heterocycles. The van der Waals surface area contributed by atoms with E-state index in [0.717, 1.165) is 22.0 Å². The topological polar surface area (TPSA) is 113 Å². The van der Waals surface area contributed by atoms with Crippen LogP contribution in [-0.4, -0.2) is 37.6 Å². The maximum absolute atomic E-state index is 13.2. The summed E-state index contributed by atoms with van der Waals surface area (Å²) >= 11 is 0. The first kappa shape index (κ1) is 22.1. The van der Waals surface area contributed by atoms with Crippen LogP contribution in [0.3, 0.4) is 0 Å². The maximum Gasteiger partial charge on any atom is 0.408 e. The molecule has 0 unspecified atom stereocenters.